The lowest BCUT2D eigenvalue weighted by atomic mass is 10.1. The summed E-state index contributed by atoms with van der Waals surface area (Å²) in [5.74, 6) is -0.516. The lowest BCUT2D eigenvalue weighted by Gasteiger charge is -2.14. The molecular formula is C14H20N2O3. The summed E-state index contributed by atoms with van der Waals surface area (Å²) in [4.78, 5) is 24.4. The first-order valence-corrected chi connectivity index (χ1v) is 6.19. The van der Waals surface area contributed by atoms with E-state index >= 15 is 0 Å². The minimum atomic E-state index is -0.359. The highest BCUT2D eigenvalue weighted by atomic mass is 16.5. The predicted octanol–water partition coefficient (Wildman–Crippen LogP) is 1.29. The number of nitrogens with zero attached hydrogens (tertiary/aromatic N) is 1. The van der Waals surface area contributed by atoms with Gasteiger partial charge in [-0.05, 0) is 31.2 Å². The monoisotopic (exact) mass is 264 g/mol. The molecule has 1 amide bonds. The van der Waals surface area contributed by atoms with E-state index in [1.54, 1.807) is 11.9 Å². The van der Waals surface area contributed by atoms with Crippen LogP contribution in [0.2, 0.25) is 0 Å². The minimum Gasteiger partial charge on any atom is -0.468 e. The van der Waals surface area contributed by atoms with Gasteiger partial charge in [0.2, 0.25) is 5.91 Å². The number of rotatable bonds is 6. The highest BCUT2D eigenvalue weighted by molar-refractivity contribution is 5.92. The Labute approximate surface area is 113 Å². The van der Waals surface area contributed by atoms with Crippen molar-refractivity contribution in [2.45, 2.75) is 13.3 Å². The van der Waals surface area contributed by atoms with E-state index in [0.717, 1.165) is 12.1 Å². The zero-order chi connectivity index (χ0) is 14.3. The van der Waals surface area contributed by atoms with Crippen molar-refractivity contribution in [2.75, 3.05) is 32.6 Å². The maximum absolute atomic E-state index is 11.7. The standard InChI is InChI=1S/C14H20N2O3/c1-4-11-5-7-12(8-6-11)15-13(17)9-16(2)10-14(18)19-3/h5-8H,4,9-10H2,1-3H3,(H,15,17). The van der Waals surface area contributed by atoms with Crippen LogP contribution in [0.5, 0.6) is 0 Å². The highest BCUT2D eigenvalue weighted by Gasteiger charge is 2.10. The van der Waals surface area contributed by atoms with Gasteiger partial charge in [-0.25, -0.2) is 0 Å². The van der Waals surface area contributed by atoms with E-state index in [2.05, 4.69) is 17.0 Å². The molecule has 5 nitrogen and oxygen atoms in total. The van der Waals surface area contributed by atoms with Crippen molar-refractivity contribution in [3.63, 3.8) is 0 Å². The van der Waals surface area contributed by atoms with Gasteiger partial charge >= 0.3 is 5.97 Å². The summed E-state index contributed by atoms with van der Waals surface area (Å²) in [5, 5.41) is 2.78. The van der Waals surface area contributed by atoms with Gasteiger partial charge in [0.15, 0.2) is 0 Å². The Morgan fingerprint density at radius 2 is 1.84 bits per heavy atom. The summed E-state index contributed by atoms with van der Waals surface area (Å²) < 4.78 is 4.53. The lowest BCUT2D eigenvalue weighted by molar-refractivity contribution is -0.141. The summed E-state index contributed by atoms with van der Waals surface area (Å²) >= 11 is 0. The van der Waals surface area contributed by atoms with Gasteiger partial charge in [-0.1, -0.05) is 19.1 Å². The fourth-order valence-electron chi connectivity index (χ4n) is 1.61. The van der Waals surface area contributed by atoms with Gasteiger partial charge in [0.1, 0.15) is 0 Å². The van der Waals surface area contributed by atoms with Crippen molar-refractivity contribution in [2.24, 2.45) is 0 Å². The largest absolute Gasteiger partial charge is 0.468 e. The van der Waals surface area contributed by atoms with Crippen LogP contribution in [-0.2, 0) is 20.7 Å². The third kappa shape index (κ3) is 5.52. The van der Waals surface area contributed by atoms with Crippen LogP contribution in [0.1, 0.15) is 12.5 Å². The number of ether oxygens (including phenoxy) is 1. The Morgan fingerprint density at radius 1 is 1.21 bits per heavy atom. The van der Waals surface area contributed by atoms with Crippen LogP contribution in [0.25, 0.3) is 0 Å². The van der Waals surface area contributed by atoms with Crippen LogP contribution in [-0.4, -0.2) is 44.0 Å². The van der Waals surface area contributed by atoms with Crippen LogP contribution >= 0.6 is 0 Å². The van der Waals surface area contributed by atoms with Gasteiger partial charge in [-0.3, -0.25) is 14.5 Å². The Hall–Kier alpha value is -1.88. The van der Waals surface area contributed by atoms with Crippen molar-refractivity contribution in [1.29, 1.82) is 0 Å². The normalized spacial score (nSPS) is 10.3. The number of esters is 1. The molecule has 0 radical (unpaired) electrons. The van der Waals surface area contributed by atoms with Gasteiger partial charge in [0, 0.05) is 5.69 Å². The quantitative estimate of drug-likeness (QED) is 0.787. The van der Waals surface area contributed by atoms with Crippen molar-refractivity contribution >= 4 is 17.6 Å². The fraction of sp³-hybridized carbons (Fsp3) is 0.429. The molecule has 0 bridgehead atoms. The molecule has 0 saturated heterocycles. The lowest BCUT2D eigenvalue weighted by Crippen LogP contribution is -2.34. The van der Waals surface area contributed by atoms with Gasteiger partial charge in [0.25, 0.3) is 0 Å². The Balaban J connectivity index is 2.43. The molecule has 0 fully saturated rings. The average Bonchev–Trinajstić information content (AvgIpc) is 2.39. The van der Waals surface area contributed by atoms with Crippen LogP contribution in [0, 0.1) is 0 Å². The molecule has 1 aromatic rings. The third-order valence-electron chi connectivity index (χ3n) is 2.69. The molecule has 1 aromatic carbocycles. The molecular weight excluding hydrogens is 244 g/mol. The van der Waals surface area contributed by atoms with Crippen molar-refractivity contribution in [3.05, 3.63) is 29.8 Å². The van der Waals surface area contributed by atoms with E-state index in [-0.39, 0.29) is 25.0 Å². The summed E-state index contributed by atoms with van der Waals surface area (Å²) in [6.45, 7) is 2.32. The summed E-state index contributed by atoms with van der Waals surface area (Å²) in [6, 6.07) is 7.70. The van der Waals surface area contributed by atoms with Crippen molar-refractivity contribution in [1.82, 2.24) is 4.90 Å². The second-order valence-electron chi connectivity index (χ2n) is 4.35. The zero-order valence-electron chi connectivity index (χ0n) is 11.6. The molecule has 5 heteroatoms. The predicted molar refractivity (Wildman–Crippen MR) is 74.0 cm³/mol. The number of benzene rings is 1. The number of likely N-dealkylation sites (N-methyl/N-ethyl adjacent to an activating group) is 1. The highest BCUT2D eigenvalue weighted by Crippen LogP contribution is 2.09. The van der Waals surface area contributed by atoms with Crippen LogP contribution in [0.4, 0.5) is 5.69 Å². The SMILES string of the molecule is CCc1ccc(NC(=O)CN(C)CC(=O)OC)cc1. The molecule has 0 aliphatic rings. The number of carbonyl (C=O) groups is 2. The molecule has 1 N–H and O–H groups in total. The van der Waals surface area contributed by atoms with Gasteiger partial charge < -0.3 is 10.1 Å². The van der Waals surface area contributed by atoms with E-state index in [4.69, 9.17) is 0 Å². The van der Waals surface area contributed by atoms with E-state index < -0.39 is 0 Å². The Bertz CT molecular complexity index is 429. The molecule has 0 aliphatic heterocycles. The second-order valence-corrected chi connectivity index (χ2v) is 4.35. The molecule has 0 aliphatic carbocycles. The molecule has 0 atom stereocenters. The molecule has 0 spiro atoms. The van der Waals surface area contributed by atoms with Crippen LogP contribution in [0.15, 0.2) is 24.3 Å². The topological polar surface area (TPSA) is 58.6 Å². The van der Waals surface area contributed by atoms with Gasteiger partial charge in [0.05, 0.1) is 20.2 Å². The zero-order valence-corrected chi connectivity index (χ0v) is 11.6. The van der Waals surface area contributed by atoms with Crippen molar-refractivity contribution < 1.29 is 14.3 Å². The maximum atomic E-state index is 11.7. The first-order valence-electron chi connectivity index (χ1n) is 6.19. The summed E-state index contributed by atoms with van der Waals surface area (Å²) in [7, 11) is 3.02. The number of amides is 1. The van der Waals surface area contributed by atoms with Gasteiger partial charge in [-0.2, -0.15) is 0 Å². The molecule has 0 saturated carbocycles. The number of carbonyl (C=O) groups excluding carboxylic acids is 2. The maximum Gasteiger partial charge on any atom is 0.319 e. The average molecular weight is 264 g/mol. The number of methoxy groups -OCH3 is 1. The molecule has 104 valence electrons. The third-order valence-corrected chi connectivity index (χ3v) is 2.69. The molecule has 19 heavy (non-hydrogen) atoms. The second kappa shape index (κ2) is 7.53. The van der Waals surface area contributed by atoms with Gasteiger partial charge in [-0.15, -0.1) is 0 Å². The number of aryl methyl sites for hydroxylation is 1. The molecule has 0 unspecified atom stereocenters. The fourth-order valence-corrected chi connectivity index (χ4v) is 1.61. The molecule has 0 aromatic heterocycles. The van der Waals surface area contributed by atoms with E-state index in [0.29, 0.717) is 0 Å². The minimum absolute atomic E-state index is 0.0959. The Kier molecular flexibility index (Phi) is 6.02. The number of hydrogen-bond donors (Lipinski definition) is 1. The van der Waals surface area contributed by atoms with Crippen LogP contribution in [0.3, 0.4) is 0 Å². The molecule has 0 heterocycles. The smallest absolute Gasteiger partial charge is 0.319 e. The van der Waals surface area contributed by atoms with E-state index in [1.165, 1.54) is 12.7 Å². The number of anilines is 1. The number of hydrogen-bond acceptors (Lipinski definition) is 4. The van der Waals surface area contributed by atoms with Crippen molar-refractivity contribution in [3.8, 4) is 0 Å². The number of nitrogens with one attached hydrogen (secondary N) is 1. The molecule has 1 rings (SSSR count). The first-order chi connectivity index (χ1) is 9.05. The Morgan fingerprint density at radius 3 is 2.37 bits per heavy atom. The summed E-state index contributed by atoms with van der Waals surface area (Å²) in [5.41, 5.74) is 1.98. The van der Waals surface area contributed by atoms with E-state index in [9.17, 15) is 9.59 Å². The first kappa shape index (κ1) is 15.2. The summed E-state index contributed by atoms with van der Waals surface area (Å²) in [6.07, 6.45) is 0.968. The van der Waals surface area contributed by atoms with Crippen LogP contribution < -0.4 is 5.32 Å². The van der Waals surface area contributed by atoms with E-state index in [1.807, 2.05) is 24.3 Å².